The Morgan fingerprint density at radius 3 is 2.70 bits per heavy atom. The monoisotopic (exact) mass is 286 g/mol. The molecule has 0 fully saturated rings. The van der Waals surface area contributed by atoms with Crippen LogP contribution in [0.15, 0.2) is 41.8 Å². The van der Waals surface area contributed by atoms with Gasteiger partial charge in [0.05, 0.1) is 25.2 Å². The van der Waals surface area contributed by atoms with Crippen LogP contribution in [-0.2, 0) is 6.54 Å². The Morgan fingerprint density at radius 1 is 1.20 bits per heavy atom. The number of ether oxygens (including phenoxy) is 1. The van der Waals surface area contributed by atoms with Gasteiger partial charge in [0, 0.05) is 6.20 Å². The van der Waals surface area contributed by atoms with Gasteiger partial charge in [-0.2, -0.15) is 5.10 Å². The van der Waals surface area contributed by atoms with Crippen LogP contribution < -0.4 is 4.74 Å². The van der Waals surface area contributed by atoms with Crippen molar-refractivity contribution in [3.05, 3.63) is 42.2 Å². The Balaban J connectivity index is 1.93. The van der Waals surface area contributed by atoms with Gasteiger partial charge in [0.2, 0.25) is 0 Å². The highest BCUT2D eigenvalue weighted by molar-refractivity contribution is 7.98. The first-order valence-electron chi connectivity index (χ1n) is 6.15. The van der Waals surface area contributed by atoms with E-state index >= 15 is 0 Å². The van der Waals surface area contributed by atoms with E-state index < -0.39 is 0 Å². The highest BCUT2D eigenvalue weighted by Gasteiger charge is 2.07. The molecule has 1 aromatic carbocycles. The van der Waals surface area contributed by atoms with Gasteiger partial charge in [0.25, 0.3) is 0 Å². The van der Waals surface area contributed by atoms with Gasteiger partial charge in [-0.3, -0.25) is 0 Å². The molecule has 3 aromatic rings. The van der Waals surface area contributed by atoms with Crippen LogP contribution in [-0.4, -0.2) is 33.1 Å². The molecular formula is C14H14N4OS. The maximum atomic E-state index is 5.16. The molecule has 2 heterocycles. The van der Waals surface area contributed by atoms with Gasteiger partial charge in [0.15, 0.2) is 10.8 Å². The second-order valence-corrected chi connectivity index (χ2v) is 5.06. The normalized spacial score (nSPS) is 10.9. The second kappa shape index (κ2) is 5.50. The number of thioether (sulfide) groups is 1. The molecule has 3 rings (SSSR count). The predicted molar refractivity (Wildman–Crippen MR) is 79.2 cm³/mol. The Bertz CT molecular complexity index is 724. The molecule has 0 saturated heterocycles. The van der Waals surface area contributed by atoms with Crippen LogP contribution in [0.25, 0.3) is 11.0 Å². The summed E-state index contributed by atoms with van der Waals surface area (Å²) in [5.41, 5.74) is 2.01. The largest absolute Gasteiger partial charge is 0.497 e. The van der Waals surface area contributed by atoms with Gasteiger partial charge in [-0.15, -0.1) is 0 Å². The highest BCUT2D eigenvalue weighted by Crippen LogP contribution is 2.17. The van der Waals surface area contributed by atoms with Gasteiger partial charge in [0.1, 0.15) is 5.75 Å². The molecule has 0 atom stereocenters. The third-order valence-corrected chi connectivity index (χ3v) is 3.59. The second-order valence-electron chi connectivity index (χ2n) is 4.29. The molecule has 2 aromatic heterocycles. The van der Waals surface area contributed by atoms with E-state index in [0.717, 1.165) is 27.5 Å². The number of nitrogens with zero attached hydrogens (tertiary/aromatic N) is 4. The molecule has 102 valence electrons. The van der Waals surface area contributed by atoms with Gasteiger partial charge >= 0.3 is 0 Å². The minimum Gasteiger partial charge on any atom is -0.497 e. The fourth-order valence-electron chi connectivity index (χ4n) is 1.97. The molecule has 0 spiro atoms. The summed E-state index contributed by atoms with van der Waals surface area (Å²) < 4.78 is 7.05. The van der Waals surface area contributed by atoms with Gasteiger partial charge < -0.3 is 4.74 Å². The van der Waals surface area contributed by atoms with E-state index in [-0.39, 0.29) is 0 Å². The summed E-state index contributed by atoms with van der Waals surface area (Å²) in [5.74, 6) is 0.853. The van der Waals surface area contributed by atoms with Crippen LogP contribution >= 0.6 is 11.8 Å². The quantitative estimate of drug-likeness (QED) is 0.545. The van der Waals surface area contributed by atoms with Crippen LogP contribution in [0.5, 0.6) is 5.75 Å². The first-order chi connectivity index (χ1) is 9.80. The van der Waals surface area contributed by atoms with Crippen molar-refractivity contribution in [3.8, 4) is 5.75 Å². The lowest BCUT2D eigenvalue weighted by molar-refractivity contribution is 0.414. The molecule has 6 heteroatoms. The first kappa shape index (κ1) is 12.9. The van der Waals surface area contributed by atoms with Crippen molar-refractivity contribution < 1.29 is 4.74 Å². The summed E-state index contributed by atoms with van der Waals surface area (Å²) in [5, 5.41) is 6.10. The topological polar surface area (TPSA) is 52.8 Å². The molecule has 0 saturated carbocycles. The van der Waals surface area contributed by atoms with Gasteiger partial charge in [-0.05, 0) is 24.0 Å². The highest BCUT2D eigenvalue weighted by atomic mass is 32.2. The van der Waals surface area contributed by atoms with Crippen molar-refractivity contribution in [1.82, 2.24) is 19.7 Å². The van der Waals surface area contributed by atoms with E-state index in [1.54, 1.807) is 13.3 Å². The Kier molecular flexibility index (Phi) is 3.56. The number of fused-ring (bicyclic) bond motifs is 1. The first-order valence-corrected chi connectivity index (χ1v) is 7.38. The Labute approximate surface area is 121 Å². The number of benzene rings is 1. The molecule has 0 unspecified atom stereocenters. The van der Waals surface area contributed by atoms with E-state index in [9.17, 15) is 0 Å². The predicted octanol–water partition coefficient (Wildman–Crippen LogP) is 2.61. The van der Waals surface area contributed by atoms with Gasteiger partial charge in [-0.25, -0.2) is 14.6 Å². The van der Waals surface area contributed by atoms with Crippen LogP contribution in [0.3, 0.4) is 0 Å². The minimum atomic E-state index is 0.679. The fraction of sp³-hybridized carbons (Fsp3) is 0.214. The molecule has 5 nitrogen and oxygen atoms in total. The van der Waals surface area contributed by atoms with Crippen LogP contribution in [0.4, 0.5) is 0 Å². The molecule has 0 N–H and O–H groups in total. The fourth-order valence-corrected chi connectivity index (χ4v) is 2.30. The third kappa shape index (κ3) is 2.46. The number of methoxy groups -OCH3 is 1. The molecule has 0 amide bonds. The van der Waals surface area contributed by atoms with Crippen molar-refractivity contribution in [2.24, 2.45) is 0 Å². The van der Waals surface area contributed by atoms with Crippen molar-refractivity contribution >= 4 is 22.8 Å². The summed E-state index contributed by atoms with van der Waals surface area (Å²) in [7, 11) is 1.66. The SMILES string of the molecule is COc1ccc(Cn2ncc3cnc(SC)nc32)cc1. The van der Waals surface area contributed by atoms with Crippen molar-refractivity contribution in [2.75, 3.05) is 13.4 Å². The molecule has 20 heavy (non-hydrogen) atoms. The Hall–Kier alpha value is -2.08. The molecule has 0 aliphatic carbocycles. The van der Waals surface area contributed by atoms with Crippen LogP contribution in [0, 0.1) is 0 Å². The number of rotatable bonds is 4. The standard InChI is InChI=1S/C14H14N4OS/c1-19-12-5-3-10(4-6-12)9-18-13-11(8-16-18)7-15-14(17-13)20-2/h3-8H,9H2,1-2H3. The van der Waals surface area contributed by atoms with E-state index in [1.165, 1.54) is 11.8 Å². The summed E-state index contributed by atoms with van der Waals surface area (Å²) >= 11 is 1.53. The minimum absolute atomic E-state index is 0.679. The zero-order valence-corrected chi connectivity index (χ0v) is 12.1. The Morgan fingerprint density at radius 2 is 2.00 bits per heavy atom. The average Bonchev–Trinajstić information content (AvgIpc) is 2.90. The molecule has 0 bridgehead atoms. The summed E-state index contributed by atoms with van der Waals surface area (Å²) in [6.07, 6.45) is 5.57. The smallest absolute Gasteiger partial charge is 0.189 e. The number of aromatic nitrogens is 4. The summed E-state index contributed by atoms with van der Waals surface area (Å²) in [4.78, 5) is 8.76. The zero-order chi connectivity index (χ0) is 13.9. The van der Waals surface area contributed by atoms with E-state index in [0.29, 0.717) is 6.54 Å². The van der Waals surface area contributed by atoms with Crippen molar-refractivity contribution in [3.63, 3.8) is 0 Å². The number of hydrogen-bond donors (Lipinski definition) is 0. The summed E-state index contributed by atoms with van der Waals surface area (Å²) in [6.45, 7) is 0.679. The van der Waals surface area contributed by atoms with Crippen molar-refractivity contribution in [2.45, 2.75) is 11.7 Å². The van der Waals surface area contributed by atoms with Crippen molar-refractivity contribution in [1.29, 1.82) is 0 Å². The van der Waals surface area contributed by atoms with Crippen LogP contribution in [0.1, 0.15) is 5.56 Å². The maximum absolute atomic E-state index is 5.16. The lowest BCUT2D eigenvalue weighted by Crippen LogP contribution is -2.03. The lowest BCUT2D eigenvalue weighted by atomic mass is 10.2. The van der Waals surface area contributed by atoms with E-state index in [4.69, 9.17) is 4.74 Å². The average molecular weight is 286 g/mol. The molecule has 0 aliphatic heterocycles. The van der Waals surface area contributed by atoms with Gasteiger partial charge in [-0.1, -0.05) is 23.9 Å². The zero-order valence-electron chi connectivity index (χ0n) is 11.3. The maximum Gasteiger partial charge on any atom is 0.189 e. The van der Waals surface area contributed by atoms with E-state index in [1.807, 2.05) is 41.4 Å². The number of hydrogen-bond acceptors (Lipinski definition) is 5. The third-order valence-electron chi connectivity index (χ3n) is 3.03. The summed E-state index contributed by atoms with van der Waals surface area (Å²) in [6, 6.07) is 7.96. The lowest BCUT2D eigenvalue weighted by Gasteiger charge is -2.05. The molecular weight excluding hydrogens is 272 g/mol. The van der Waals surface area contributed by atoms with E-state index in [2.05, 4.69) is 15.1 Å². The molecule has 0 aliphatic rings. The van der Waals surface area contributed by atoms with Crippen LogP contribution in [0.2, 0.25) is 0 Å². The molecule has 0 radical (unpaired) electrons.